The highest BCUT2D eigenvalue weighted by molar-refractivity contribution is 5.94. The molecule has 1 aromatic carbocycles. The first kappa shape index (κ1) is 17.3. The fourth-order valence-electron chi connectivity index (χ4n) is 4.57. The molecule has 132 valence electrons. The van der Waals surface area contributed by atoms with E-state index in [-0.39, 0.29) is 5.91 Å². The van der Waals surface area contributed by atoms with Crippen molar-refractivity contribution < 1.29 is 14.4 Å². The number of likely N-dealkylation sites (tertiary alicyclic amines) is 2. The molecule has 0 aromatic heterocycles. The van der Waals surface area contributed by atoms with Gasteiger partial charge in [-0.2, -0.15) is 0 Å². The maximum atomic E-state index is 12.7. The van der Waals surface area contributed by atoms with Gasteiger partial charge in [0.2, 0.25) is 0 Å². The topological polar surface area (TPSA) is 34.0 Å². The number of nitrogens with one attached hydrogen (secondary N) is 1. The standard InChI is InChI=1S/C20H30N2O2/c1-15-12-16(2)14-22(13-15)18-8-10-21(11-9-18)20(23)17-4-6-19(24-3)7-5-17/h4-7,15-16,18H,8-14H2,1-3H3/p+1/t15-,16+. The summed E-state index contributed by atoms with van der Waals surface area (Å²) in [5.74, 6) is 2.62. The van der Waals surface area contributed by atoms with Crippen LogP contribution in [0.5, 0.6) is 5.75 Å². The molecule has 1 N–H and O–H groups in total. The second-order valence-corrected chi connectivity index (χ2v) is 7.81. The monoisotopic (exact) mass is 331 g/mol. The first-order valence-corrected chi connectivity index (χ1v) is 9.34. The Morgan fingerprint density at radius 1 is 1.08 bits per heavy atom. The van der Waals surface area contributed by atoms with Crippen molar-refractivity contribution in [3.8, 4) is 5.75 Å². The molecule has 1 aromatic rings. The van der Waals surface area contributed by atoms with Crippen LogP contribution in [0, 0.1) is 11.8 Å². The predicted molar refractivity (Wildman–Crippen MR) is 95.6 cm³/mol. The van der Waals surface area contributed by atoms with E-state index >= 15 is 0 Å². The third-order valence-corrected chi connectivity index (χ3v) is 5.72. The number of nitrogens with zero attached hydrogens (tertiary/aromatic N) is 1. The van der Waals surface area contributed by atoms with Crippen LogP contribution in [-0.4, -0.2) is 50.1 Å². The average molecular weight is 331 g/mol. The zero-order chi connectivity index (χ0) is 17.1. The summed E-state index contributed by atoms with van der Waals surface area (Å²) in [4.78, 5) is 16.5. The molecule has 24 heavy (non-hydrogen) atoms. The van der Waals surface area contributed by atoms with Crippen LogP contribution in [0.15, 0.2) is 24.3 Å². The molecule has 3 atom stereocenters. The molecule has 1 amide bonds. The van der Waals surface area contributed by atoms with Crippen LogP contribution in [0.4, 0.5) is 0 Å². The van der Waals surface area contributed by atoms with Gasteiger partial charge in [0.25, 0.3) is 5.91 Å². The van der Waals surface area contributed by atoms with E-state index in [1.807, 2.05) is 29.2 Å². The van der Waals surface area contributed by atoms with Crippen LogP contribution in [0.3, 0.4) is 0 Å². The van der Waals surface area contributed by atoms with Crippen molar-refractivity contribution in [1.29, 1.82) is 0 Å². The Labute approximate surface area is 145 Å². The highest BCUT2D eigenvalue weighted by atomic mass is 16.5. The largest absolute Gasteiger partial charge is 0.497 e. The number of hydrogen-bond acceptors (Lipinski definition) is 2. The third-order valence-electron chi connectivity index (χ3n) is 5.72. The molecule has 2 saturated heterocycles. The SMILES string of the molecule is COc1ccc(C(=O)N2CCC([NH+]3C[C@H](C)C[C@H](C)C3)CC2)cc1. The quantitative estimate of drug-likeness (QED) is 0.917. The molecule has 0 bridgehead atoms. The van der Waals surface area contributed by atoms with Gasteiger partial charge in [0.1, 0.15) is 5.75 Å². The van der Waals surface area contributed by atoms with Crippen molar-refractivity contribution in [2.75, 3.05) is 33.3 Å². The van der Waals surface area contributed by atoms with Gasteiger partial charge in [-0.25, -0.2) is 0 Å². The fourth-order valence-corrected chi connectivity index (χ4v) is 4.57. The Bertz CT molecular complexity index is 539. The number of carbonyl (C=O) groups excluding carboxylic acids is 1. The lowest BCUT2D eigenvalue weighted by molar-refractivity contribution is -0.938. The van der Waals surface area contributed by atoms with Gasteiger partial charge >= 0.3 is 0 Å². The summed E-state index contributed by atoms with van der Waals surface area (Å²) in [5, 5.41) is 0. The minimum atomic E-state index is 0.159. The van der Waals surface area contributed by atoms with Gasteiger partial charge in [-0.3, -0.25) is 4.79 Å². The Kier molecular flexibility index (Phi) is 5.44. The average Bonchev–Trinajstić information content (AvgIpc) is 2.60. The normalized spacial score (nSPS) is 28.6. The number of quaternary nitrogens is 1. The summed E-state index contributed by atoms with van der Waals surface area (Å²) < 4.78 is 5.17. The highest BCUT2D eigenvalue weighted by Crippen LogP contribution is 2.18. The van der Waals surface area contributed by atoms with Gasteiger partial charge in [-0.05, 0) is 30.7 Å². The lowest BCUT2D eigenvalue weighted by atomic mass is 9.89. The zero-order valence-corrected chi connectivity index (χ0v) is 15.3. The second kappa shape index (κ2) is 7.56. The summed E-state index contributed by atoms with van der Waals surface area (Å²) in [7, 11) is 1.65. The fraction of sp³-hybridized carbons (Fsp3) is 0.650. The van der Waals surface area contributed by atoms with E-state index in [0.717, 1.165) is 55.1 Å². The molecule has 2 aliphatic heterocycles. The Morgan fingerprint density at radius 3 is 2.21 bits per heavy atom. The Morgan fingerprint density at radius 2 is 1.67 bits per heavy atom. The van der Waals surface area contributed by atoms with Crippen molar-refractivity contribution in [3.05, 3.63) is 29.8 Å². The van der Waals surface area contributed by atoms with Crippen LogP contribution < -0.4 is 9.64 Å². The molecule has 0 radical (unpaired) electrons. The van der Waals surface area contributed by atoms with E-state index in [1.54, 1.807) is 12.0 Å². The summed E-state index contributed by atoms with van der Waals surface area (Å²) in [6, 6.07) is 8.19. The number of carbonyl (C=O) groups is 1. The van der Waals surface area contributed by atoms with E-state index in [2.05, 4.69) is 13.8 Å². The number of rotatable bonds is 3. The molecule has 4 nitrogen and oxygen atoms in total. The van der Waals surface area contributed by atoms with E-state index in [1.165, 1.54) is 19.5 Å². The van der Waals surface area contributed by atoms with E-state index in [0.29, 0.717) is 0 Å². The number of methoxy groups -OCH3 is 1. The summed E-state index contributed by atoms with van der Waals surface area (Å²) in [5.41, 5.74) is 0.766. The van der Waals surface area contributed by atoms with Crippen molar-refractivity contribution in [1.82, 2.24) is 4.90 Å². The highest BCUT2D eigenvalue weighted by Gasteiger charge is 2.34. The van der Waals surface area contributed by atoms with Gasteiger partial charge in [-0.1, -0.05) is 13.8 Å². The molecular weight excluding hydrogens is 300 g/mol. The number of piperidine rings is 2. The lowest BCUT2D eigenvalue weighted by Crippen LogP contribution is -3.18. The van der Waals surface area contributed by atoms with Crippen LogP contribution in [-0.2, 0) is 0 Å². The minimum Gasteiger partial charge on any atom is -0.497 e. The molecule has 0 saturated carbocycles. The van der Waals surface area contributed by atoms with Gasteiger partial charge in [0.15, 0.2) is 0 Å². The number of benzene rings is 1. The maximum absolute atomic E-state index is 12.7. The lowest BCUT2D eigenvalue weighted by Gasteiger charge is -2.41. The van der Waals surface area contributed by atoms with E-state index < -0.39 is 0 Å². The summed E-state index contributed by atoms with van der Waals surface area (Å²) in [6.45, 7) is 9.17. The number of hydrogen-bond donors (Lipinski definition) is 1. The molecule has 2 fully saturated rings. The molecule has 4 heteroatoms. The Balaban J connectivity index is 1.55. The van der Waals surface area contributed by atoms with Crippen molar-refractivity contribution >= 4 is 5.91 Å². The summed E-state index contributed by atoms with van der Waals surface area (Å²) in [6.07, 6.45) is 3.64. The molecular formula is C20H31N2O2+. The van der Waals surface area contributed by atoms with Crippen molar-refractivity contribution in [2.45, 2.75) is 39.2 Å². The van der Waals surface area contributed by atoms with Crippen molar-refractivity contribution in [2.24, 2.45) is 11.8 Å². The van der Waals surface area contributed by atoms with Gasteiger partial charge in [0.05, 0.1) is 26.2 Å². The minimum absolute atomic E-state index is 0.159. The van der Waals surface area contributed by atoms with Gasteiger partial charge in [-0.15, -0.1) is 0 Å². The second-order valence-electron chi connectivity index (χ2n) is 7.81. The first-order chi connectivity index (χ1) is 11.6. The first-order valence-electron chi connectivity index (χ1n) is 9.34. The Hall–Kier alpha value is -1.55. The number of ether oxygens (including phenoxy) is 1. The van der Waals surface area contributed by atoms with E-state index in [9.17, 15) is 4.79 Å². The number of amides is 1. The predicted octanol–water partition coefficient (Wildman–Crippen LogP) is 1.86. The van der Waals surface area contributed by atoms with Crippen LogP contribution >= 0.6 is 0 Å². The van der Waals surface area contributed by atoms with Crippen molar-refractivity contribution in [3.63, 3.8) is 0 Å². The van der Waals surface area contributed by atoms with Gasteiger partial charge < -0.3 is 14.5 Å². The molecule has 0 spiro atoms. The molecule has 1 unspecified atom stereocenters. The maximum Gasteiger partial charge on any atom is 0.253 e. The van der Waals surface area contributed by atoms with Crippen LogP contribution in [0.1, 0.15) is 43.5 Å². The summed E-state index contributed by atoms with van der Waals surface area (Å²) >= 11 is 0. The molecule has 0 aliphatic carbocycles. The zero-order valence-electron chi connectivity index (χ0n) is 15.3. The third kappa shape index (κ3) is 3.92. The smallest absolute Gasteiger partial charge is 0.253 e. The molecule has 2 heterocycles. The van der Waals surface area contributed by atoms with Crippen LogP contribution in [0.2, 0.25) is 0 Å². The van der Waals surface area contributed by atoms with Gasteiger partial charge in [0, 0.05) is 43.3 Å². The molecule has 2 aliphatic rings. The molecule has 3 rings (SSSR count). The van der Waals surface area contributed by atoms with E-state index in [4.69, 9.17) is 4.74 Å². The van der Waals surface area contributed by atoms with Crippen LogP contribution in [0.25, 0.3) is 0 Å².